The summed E-state index contributed by atoms with van der Waals surface area (Å²) in [6.07, 6.45) is 0.500. The minimum absolute atomic E-state index is 0.146. The number of hydrogen-bond acceptors (Lipinski definition) is 4. The highest BCUT2D eigenvalue weighted by Crippen LogP contribution is 2.30. The van der Waals surface area contributed by atoms with Crippen LogP contribution in [0, 0.1) is 11.7 Å². The molecular formula is C26H23F4N5O. The molecule has 0 aliphatic carbocycles. The van der Waals surface area contributed by atoms with Crippen molar-refractivity contribution in [1.82, 2.24) is 19.9 Å². The monoisotopic (exact) mass is 497 g/mol. The van der Waals surface area contributed by atoms with Crippen molar-refractivity contribution in [3.8, 4) is 11.3 Å². The number of nitrogens with zero attached hydrogens (tertiary/aromatic N) is 4. The lowest BCUT2D eigenvalue weighted by molar-refractivity contribution is -0.137. The third-order valence-corrected chi connectivity index (χ3v) is 6.35. The summed E-state index contributed by atoms with van der Waals surface area (Å²) >= 11 is 0. The molecular weight excluding hydrogens is 474 g/mol. The van der Waals surface area contributed by atoms with Gasteiger partial charge in [0.1, 0.15) is 11.3 Å². The normalized spacial score (nSPS) is 16.3. The predicted octanol–water partition coefficient (Wildman–Crippen LogP) is 5.09. The van der Waals surface area contributed by atoms with Gasteiger partial charge < -0.3 is 10.2 Å². The highest BCUT2D eigenvalue weighted by atomic mass is 19.4. The third-order valence-electron chi connectivity index (χ3n) is 6.35. The van der Waals surface area contributed by atoms with Crippen LogP contribution in [0.25, 0.3) is 16.8 Å². The second kappa shape index (κ2) is 9.60. The molecule has 6 nitrogen and oxygen atoms in total. The standard InChI is InChI=1S/C26H23F4N5O/c27-21-9-5-18(6-10-21)22-14-23-24(31-11-13-35(23)33-22)34-12-1-2-19(16-34)25(36)32-15-17-3-7-20(8-4-17)26(28,29)30/h3-11,13-14,19H,1-2,12,15-16H2,(H,32,36)/t19-/m0/s1. The second-order valence-electron chi connectivity index (χ2n) is 8.81. The third kappa shape index (κ3) is 5.02. The van der Waals surface area contributed by atoms with Crippen molar-refractivity contribution in [1.29, 1.82) is 0 Å². The van der Waals surface area contributed by atoms with Gasteiger partial charge in [0.25, 0.3) is 0 Å². The first-order valence-electron chi connectivity index (χ1n) is 11.6. The van der Waals surface area contributed by atoms with Crippen molar-refractivity contribution in [2.45, 2.75) is 25.6 Å². The molecule has 2 aromatic carbocycles. The van der Waals surface area contributed by atoms with Gasteiger partial charge in [-0.05, 0) is 60.9 Å². The van der Waals surface area contributed by atoms with E-state index in [1.807, 2.05) is 6.07 Å². The van der Waals surface area contributed by atoms with Gasteiger partial charge in [-0.25, -0.2) is 13.9 Å². The number of anilines is 1. The van der Waals surface area contributed by atoms with E-state index >= 15 is 0 Å². The number of carbonyl (C=O) groups is 1. The quantitative estimate of drug-likeness (QED) is 0.391. The van der Waals surface area contributed by atoms with Crippen LogP contribution in [0.5, 0.6) is 0 Å². The molecule has 1 N–H and O–H groups in total. The number of rotatable bonds is 5. The van der Waals surface area contributed by atoms with Crippen LogP contribution >= 0.6 is 0 Å². The van der Waals surface area contributed by atoms with Crippen LogP contribution in [-0.2, 0) is 17.5 Å². The Kier molecular flexibility index (Phi) is 6.34. The van der Waals surface area contributed by atoms with E-state index in [-0.39, 0.29) is 24.2 Å². The molecule has 10 heteroatoms. The molecule has 0 radical (unpaired) electrons. The predicted molar refractivity (Wildman–Crippen MR) is 127 cm³/mol. The maximum Gasteiger partial charge on any atom is 0.416 e. The molecule has 36 heavy (non-hydrogen) atoms. The topological polar surface area (TPSA) is 62.5 Å². The zero-order chi connectivity index (χ0) is 25.3. The highest BCUT2D eigenvalue weighted by molar-refractivity contribution is 5.81. The van der Waals surface area contributed by atoms with Gasteiger partial charge in [0.2, 0.25) is 5.91 Å². The maximum absolute atomic E-state index is 13.3. The minimum atomic E-state index is -4.39. The summed E-state index contributed by atoms with van der Waals surface area (Å²) in [5.74, 6) is -0.0405. The number of alkyl halides is 3. The van der Waals surface area contributed by atoms with Crippen LogP contribution < -0.4 is 10.2 Å². The lowest BCUT2D eigenvalue weighted by atomic mass is 9.97. The lowest BCUT2D eigenvalue weighted by Gasteiger charge is -2.33. The first kappa shape index (κ1) is 23.8. The van der Waals surface area contributed by atoms with Crippen LogP contribution in [-0.4, -0.2) is 33.6 Å². The summed E-state index contributed by atoms with van der Waals surface area (Å²) in [4.78, 5) is 19.5. The first-order chi connectivity index (χ1) is 17.3. The van der Waals surface area contributed by atoms with Crippen LogP contribution in [0.1, 0.15) is 24.0 Å². The van der Waals surface area contributed by atoms with Crippen molar-refractivity contribution in [3.63, 3.8) is 0 Å². The van der Waals surface area contributed by atoms with Crippen molar-refractivity contribution >= 4 is 17.2 Å². The molecule has 186 valence electrons. The summed E-state index contributed by atoms with van der Waals surface area (Å²) in [5, 5.41) is 7.44. The van der Waals surface area contributed by atoms with Crippen LogP contribution in [0.3, 0.4) is 0 Å². The van der Waals surface area contributed by atoms with E-state index < -0.39 is 11.7 Å². The molecule has 0 spiro atoms. The van der Waals surface area contributed by atoms with Gasteiger partial charge in [-0.2, -0.15) is 18.3 Å². The highest BCUT2D eigenvalue weighted by Gasteiger charge is 2.30. The van der Waals surface area contributed by atoms with Crippen LogP contribution in [0.15, 0.2) is 67.0 Å². The molecule has 1 amide bonds. The number of piperidine rings is 1. The number of fused-ring (bicyclic) bond motifs is 1. The van der Waals surface area contributed by atoms with Crippen molar-refractivity contribution < 1.29 is 22.4 Å². The second-order valence-corrected chi connectivity index (χ2v) is 8.81. The van der Waals surface area contributed by atoms with E-state index in [0.29, 0.717) is 30.0 Å². The average molecular weight is 497 g/mol. The number of carbonyl (C=O) groups excluding carboxylic acids is 1. The number of halogens is 4. The molecule has 1 aliphatic heterocycles. The Labute approximate surface area is 204 Å². The summed E-state index contributed by atoms with van der Waals surface area (Å²) < 4.78 is 53.3. The van der Waals surface area contributed by atoms with Crippen molar-refractivity contribution in [2.24, 2.45) is 5.92 Å². The minimum Gasteiger partial charge on any atom is -0.354 e. The molecule has 5 rings (SSSR count). The summed E-state index contributed by atoms with van der Waals surface area (Å²) in [5.41, 5.74) is 2.13. The number of amides is 1. The number of hydrogen-bond donors (Lipinski definition) is 1. The van der Waals surface area contributed by atoms with E-state index in [4.69, 9.17) is 0 Å². The molecule has 1 saturated heterocycles. The molecule has 1 aliphatic rings. The number of benzene rings is 2. The SMILES string of the molecule is O=C(NCc1ccc(C(F)(F)F)cc1)[C@H]1CCCN(c2nccn3nc(-c4ccc(F)cc4)cc23)C1. The molecule has 1 atom stereocenters. The molecule has 1 fully saturated rings. The summed E-state index contributed by atoms with van der Waals surface area (Å²) in [7, 11) is 0. The fraction of sp³-hybridized carbons (Fsp3) is 0.269. The Morgan fingerprint density at radius 1 is 1.08 bits per heavy atom. The fourth-order valence-corrected chi connectivity index (χ4v) is 4.44. The Morgan fingerprint density at radius 3 is 2.56 bits per heavy atom. The summed E-state index contributed by atoms with van der Waals surface area (Å²) in [6, 6.07) is 12.8. The Morgan fingerprint density at radius 2 is 1.83 bits per heavy atom. The average Bonchev–Trinajstić information content (AvgIpc) is 3.32. The van der Waals surface area contributed by atoms with Gasteiger partial charge in [-0.3, -0.25) is 4.79 Å². The van der Waals surface area contributed by atoms with E-state index in [9.17, 15) is 22.4 Å². The molecule has 2 aromatic heterocycles. The zero-order valence-corrected chi connectivity index (χ0v) is 19.2. The van der Waals surface area contributed by atoms with Crippen molar-refractivity contribution in [2.75, 3.05) is 18.0 Å². The van der Waals surface area contributed by atoms with E-state index in [1.165, 1.54) is 24.3 Å². The van der Waals surface area contributed by atoms with E-state index in [1.54, 1.807) is 29.0 Å². The molecule has 3 heterocycles. The first-order valence-corrected chi connectivity index (χ1v) is 11.6. The molecule has 0 bridgehead atoms. The van der Waals surface area contributed by atoms with Gasteiger partial charge in [0.15, 0.2) is 5.82 Å². The van der Waals surface area contributed by atoms with E-state index in [2.05, 4.69) is 20.3 Å². The van der Waals surface area contributed by atoms with Gasteiger partial charge in [0.05, 0.1) is 17.2 Å². The smallest absolute Gasteiger partial charge is 0.354 e. The number of nitrogens with one attached hydrogen (secondary N) is 1. The Balaban J connectivity index is 1.28. The maximum atomic E-state index is 13.3. The molecule has 0 saturated carbocycles. The Hall–Kier alpha value is -3.95. The van der Waals surface area contributed by atoms with Gasteiger partial charge in [0, 0.05) is 37.6 Å². The van der Waals surface area contributed by atoms with Crippen LogP contribution in [0.4, 0.5) is 23.4 Å². The molecule has 0 unspecified atom stereocenters. The Bertz CT molecular complexity index is 1370. The van der Waals surface area contributed by atoms with Gasteiger partial charge in [-0.1, -0.05) is 12.1 Å². The van der Waals surface area contributed by atoms with Crippen molar-refractivity contribution in [3.05, 3.63) is 83.9 Å². The number of aromatic nitrogens is 3. The van der Waals surface area contributed by atoms with E-state index in [0.717, 1.165) is 36.2 Å². The van der Waals surface area contributed by atoms with Gasteiger partial charge >= 0.3 is 6.18 Å². The lowest BCUT2D eigenvalue weighted by Crippen LogP contribution is -2.43. The fourth-order valence-electron chi connectivity index (χ4n) is 4.44. The van der Waals surface area contributed by atoms with Crippen LogP contribution in [0.2, 0.25) is 0 Å². The summed E-state index contributed by atoms with van der Waals surface area (Å²) in [6.45, 7) is 1.35. The van der Waals surface area contributed by atoms with Gasteiger partial charge in [-0.15, -0.1) is 0 Å². The largest absolute Gasteiger partial charge is 0.416 e. The molecule has 4 aromatic rings. The zero-order valence-electron chi connectivity index (χ0n) is 19.2.